The number of piperidine rings is 1. The number of pyridine rings is 1. The monoisotopic (exact) mass is 513 g/mol. The Labute approximate surface area is 220 Å². The predicted octanol–water partition coefficient (Wildman–Crippen LogP) is 4.65. The number of carbonyl (C=O) groups is 1. The Morgan fingerprint density at radius 3 is 2.61 bits per heavy atom. The van der Waals surface area contributed by atoms with Crippen LogP contribution >= 0.6 is 0 Å². The Hall–Kier alpha value is -3.59. The molecule has 7 rings (SSSR count). The molecule has 4 aromatic rings. The zero-order chi connectivity index (χ0) is 25.8. The first kappa shape index (κ1) is 23.5. The van der Waals surface area contributed by atoms with E-state index in [0.29, 0.717) is 22.9 Å². The SMILES string of the molecule is Cc1cc(F)c(C(=O)NC2CC2)cc1-n1cc(-c2cnc3ccc(C4CCN(C5CCC5)CC4)cn23)nn1. The van der Waals surface area contributed by atoms with E-state index in [2.05, 4.69) is 48.2 Å². The van der Waals surface area contributed by atoms with E-state index in [1.54, 1.807) is 17.7 Å². The van der Waals surface area contributed by atoms with E-state index >= 15 is 0 Å². The number of nitrogens with one attached hydrogen (secondary N) is 1. The number of carbonyl (C=O) groups excluding carboxylic acids is 1. The summed E-state index contributed by atoms with van der Waals surface area (Å²) in [6.07, 6.45) is 14.2. The first-order valence-electron chi connectivity index (χ1n) is 13.8. The van der Waals surface area contributed by atoms with Gasteiger partial charge in [-0.25, -0.2) is 14.1 Å². The predicted molar refractivity (Wildman–Crippen MR) is 142 cm³/mol. The maximum atomic E-state index is 14.6. The molecule has 3 fully saturated rings. The van der Waals surface area contributed by atoms with Crippen LogP contribution in [0.5, 0.6) is 0 Å². The summed E-state index contributed by atoms with van der Waals surface area (Å²) in [5.74, 6) is -0.374. The number of hydrogen-bond donors (Lipinski definition) is 1. The molecule has 1 aromatic carbocycles. The van der Waals surface area contributed by atoms with Crippen molar-refractivity contribution in [1.82, 2.24) is 34.6 Å². The average molecular weight is 514 g/mol. The molecule has 0 spiro atoms. The normalized spacial score (nSPS) is 19.1. The number of rotatable bonds is 6. The third kappa shape index (κ3) is 4.28. The van der Waals surface area contributed by atoms with Crippen LogP contribution in [0.1, 0.15) is 72.3 Å². The zero-order valence-electron chi connectivity index (χ0n) is 21.6. The number of likely N-dealkylation sites (tertiary alicyclic amines) is 1. The molecule has 2 saturated carbocycles. The number of aryl methyl sites for hydroxylation is 1. The van der Waals surface area contributed by atoms with Crippen molar-refractivity contribution in [2.24, 2.45) is 0 Å². The van der Waals surface area contributed by atoms with Crippen molar-refractivity contribution in [2.75, 3.05) is 13.1 Å². The second-order valence-electron chi connectivity index (χ2n) is 11.1. The van der Waals surface area contributed by atoms with Gasteiger partial charge >= 0.3 is 0 Å². The highest BCUT2D eigenvalue weighted by atomic mass is 19.1. The van der Waals surface area contributed by atoms with Crippen LogP contribution in [0.3, 0.4) is 0 Å². The first-order chi connectivity index (χ1) is 18.5. The second kappa shape index (κ2) is 9.31. The highest BCUT2D eigenvalue weighted by Gasteiger charge is 2.29. The van der Waals surface area contributed by atoms with E-state index in [4.69, 9.17) is 0 Å². The van der Waals surface area contributed by atoms with Crippen molar-refractivity contribution in [3.8, 4) is 17.1 Å². The number of halogens is 1. The summed E-state index contributed by atoms with van der Waals surface area (Å²) >= 11 is 0. The molecule has 8 nitrogen and oxygen atoms in total. The topological polar surface area (TPSA) is 80.4 Å². The lowest BCUT2D eigenvalue weighted by molar-refractivity contribution is 0.0947. The summed E-state index contributed by atoms with van der Waals surface area (Å²) in [6, 6.07) is 8.20. The van der Waals surface area contributed by atoms with Crippen LogP contribution in [0.4, 0.5) is 4.39 Å². The van der Waals surface area contributed by atoms with E-state index in [0.717, 1.165) is 30.2 Å². The number of benzene rings is 1. The largest absolute Gasteiger partial charge is 0.349 e. The molecule has 1 saturated heterocycles. The Morgan fingerprint density at radius 1 is 1.05 bits per heavy atom. The van der Waals surface area contributed by atoms with Crippen molar-refractivity contribution in [2.45, 2.75) is 69.9 Å². The van der Waals surface area contributed by atoms with Gasteiger partial charge in [0.2, 0.25) is 0 Å². The van der Waals surface area contributed by atoms with Crippen molar-refractivity contribution in [1.29, 1.82) is 0 Å². The number of amides is 1. The van der Waals surface area contributed by atoms with Gasteiger partial charge in [-0.1, -0.05) is 17.7 Å². The smallest absolute Gasteiger partial charge is 0.254 e. The van der Waals surface area contributed by atoms with Gasteiger partial charge in [0.25, 0.3) is 5.91 Å². The first-order valence-corrected chi connectivity index (χ1v) is 13.8. The van der Waals surface area contributed by atoms with Gasteiger partial charge in [-0.3, -0.25) is 9.20 Å². The van der Waals surface area contributed by atoms with Gasteiger partial charge in [0.1, 0.15) is 17.2 Å². The number of nitrogens with zero attached hydrogens (tertiary/aromatic N) is 6. The number of fused-ring (bicyclic) bond motifs is 1. The standard InChI is InChI=1S/C29H32FN7O/c1-18-13-24(30)23(29(38)32-21-6-7-21)14-26(18)37-17-25(33-34-37)27-15-31-28-8-5-20(16-36(27)28)19-9-11-35(12-10-19)22-3-2-4-22/h5,8,13-17,19,21-22H,2-4,6-7,9-12H2,1H3,(H,32,38). The van der Waals surface area contributed by atoms with Gasteiger partial charge in [-0.05, 0) is 93.8 Å². The molecule has 1 aliphatic heterocycles. The van der Waals surface area contributed by atoms with Crippen molar-refractivity contribution >= 4 is 11.6 Å². The molecule has 1 amide bonds. The molecule has 0 bridgehead atoms. The molecule has 3 aromatic heterocycles. The Kier molecular flexibility index (Phi) is 5.76. The van der Waals surface area contributed by atoms with Crippen LogP contribution in [0.2, 0.25) is 0 Å². The molecule has 1 N–H and O–H groups in total. The van der Waals surface area contributed by atoms with E-state index in [1.165, 1.54) is 56.8 Å². The van der Waals surface area contributed by atoms with Crippen molar-refractivity contribution in [3.05, 3.63) is 65.4 Å². The van der Waals surface area contributed by atoms with Gasteiger partial charge in [0.15, 0.2) is 0 Å². The molecule has 0 atom stereocenters. The molecule has 0 radical (unpaired) electrons. The van der Waals surface area contributed by atoms with Crippen molar-refractivity contribution in [3.63, 3.8) is 0 Å². The van der Waals surface area contributed by atoms with E-state index in [9.17, 15) is 9.18 Å². The molecule has 9 heteroatoms. The second-order valence-corrected chi connectivity index (χ2v) is 11.1. The highest BCUT2D eigenvalue weighted by Crippen LogP contribution is 2.34. The summed E-state index contributed by atoms with van der Waals surface area (Å²) in [6.45, 7) is 4.16. The minimum Gasteiger partial charge on any atom is -0.349 e. The summed E-state index contributed by atoms with van der Waals surface area (Å²) < 4.78 is 18.3. The molecule has 4 heterocycles. The minimum atomic E-state index is -0.530. The Bertz CT molecular complexity index is 1510. The zero-order valence-corrected chi connectivity index (χ0v) is 21.6. The molecule has 2 aliphatic carbocycles. The molecule has 196 valence electrons. The van der Waals surface area contributed by atoms with Gasteiger partial charge in [0, 0.05) is 18.3 Å². The maximum absolute atomic E-state index is 14.6. The van der Waals surface area contributed by atoms with Gasteiger partial charge in [0.05, 0.1) is 29.3 Å². The lowest BCUT2D eigenvalue weighted by Crippen LogP contribution is -2.44. The van der Waals surface area contributed by atoms with E-state index < -0.39 is 5.82 Å². The van der Waals surface area contributed by atoms with Crippen molar-refractivity contribution < 1.29 is 9.18 Å². The third-order valence-corrected chi connectivity index (χ3v) is 8.57. The van der Waals surface area contributed by atoms with Crippen LogP contribution in [0, 0.1) is 12.7 Å². The molecule has 38 heavy (non-hydrogen) atoms. The van der Waals surface area contributed by atoms with Crippen LogP contribution in [-0.2, 0) is 0 Å². The van der Waals surface area contributed by atoms with Crippen LogP contribution in [-0.4, -0.2) is 60.4 Å². The maximum Gasteiger partial charge on any atom is 0.254 e. The molecule has 0 unspecified atom stereocenters. The van der Waals surface area contributed by atoms with Gasteiger partial charge in [-0.15, -0.1) is 5.10 Å². The van der Waals surface area contributed by atoms with Crippen LogP contribution < -0.4 is 5.32 Å². The van der Waals surface area contributed by atoms with E-state index in [1.807, 2.05) is 12.4 Å². The molecular weight excluding hydrogens is 481 g/mol. The van der Waals surface area contributed by atoms with Gasteiger partial charge < -0.3 is 10.2 Å². The highest BCUT2D eigenvalue weighted by molar-refractivity contribution is 5.95. The fraction of sp³-hybridized carbons (Fsp3) is 0.448. The summed E-state index contributed by atoms with van der Waals surface area (Å²) in [5.41, 5.74) is 5.04. The fourth-order valence-corrected chi connectivity index (χ4v) is 5.85. The third-order valence-electron chi connectivity index (χ3n) is 8.57. The van der Waals surface area contributed by atoms with E-state index in [-0.39, 0.29) is 17.5 Å². The van der Waals surface area contributed by atoms with Gasteiger partial charge in [-0.2, -0.15) is 0 Å². The lowest BCUT2D eigenvalue weighted by Gasteiger charge is -2.41. The Balaban J connectivity index is 1.15. The lowest BCUT2D eigenvalue weighted by atomic mass is 9.86. The summed E-state index contributed by atoms with van der Waals surface area (Å²) in [7, 11) is 0. The summed E-state index contributed by atoms with van der Waals surface area (Å²) in [5, 5.41) is 11.6. The number of imidazole rings is 1. The minimum absolute atomic E-state index is 0.0253. The number of aromatic nitrogens is 5. The fourth-order valence-electron chi connectivity index (χ4n) is 5.85. The Morgan fingerprint density at radius 2 is 1.87 bits per heavy atom. The van der Waals surface area contributed by atoms with Crippen LogP contribution in [0.15, 0.2) is 42.9 Å². The number of hydrogen-bond acceptors (Lipinski definition) is 5. The summed E-state index contributed by atoms with van der Waals surface area (Å²) in [4.78, 5) is 19.8. The average Bonchev–Trinajstić information content (AvgIpc) is 3.39. The van der Waals surface area contributed by atoms with Crippen LogP contribution in [0.25, 0.3) is 22.7 Å². The molecular formula is C29H32FN7O. The molecule has 3 aliphatic rings. The quantitative estimate of drug-likeness (QED) is 0.406.